The van der Waals surface area contributed by atoms with Crippen molar-refractivity contribution in [1.82, 2.24) is 0 Å². The lowest BCUT2D eigenvalue weighted by molar-refractivity contribution is 0.171. The molecular formula is C24H35FO. The summed E-state index contributed by atoms with van der Waals surface area (Å²) < 4.78 is 19.3. The Hall–Kier alpha value is -1.15. The summed E-state index contributed by atoms with van der Waals surface area (Å²) in [6, 6.07) is 5.78. The number of methoxy groups -OCH3 is 1. The van der Waals surface area contributed by atoms with Crippen molar-refractivity contribution in [3.05, 3.63) is 47.3 Å². The minimum atomic E-state index is -0.107. The van der Waals surface area contributed by atoms with E-state index in [4.69, 9.17) is 4.74 Å². The number of hydrogen-bond donors (Lipinski definition) is 0. The van der Waals surface area contributed by atoms with E-state index in [9.17, 15) is 4.39 Å². The standard InChI is InChI=1S/C24H35FO/c1-3-4-5-18-6-8-19(9-7-18)20-10-12-21(13-11-20)22-14-15-23(17-26-2)24(25)16-22/h4-5,14-16,18-21H,3,6-13,17H2,1-2H3/b5-4+/t18-,19-,20?,21?. The summed E-state index contributed by atoms with van der Waals surface area (Å²) in [6.07, 6.45) is 16.6. The quantitative estimate of drug-likeness (QED) is 0.497. The number of ether oxygens (including phenoxy) is 1. The monoisotopic (exact) mass is 358 g/mol. The molecule has 2 heteroatoms. The molecule has 0 amide bonds. The zero-order valence-corrected chi connectivity index (χ0v) is 16.6. The third-order valence-corrected chi connectivity index (χ3v) is 6.75. The van der Waals surface area contributed by atoms with Crippen LogP contribution in [0.2, 0.25) is 0 Å². The first kappa shape index (κ1) is 19.6. The molecule has 1 aromatic carbocycles. The summed E-state index contributed by atoms with van der Waals surface area (Å²) in [6.45, 7) is 2.58. The van der Waals surface area contributed by atoms with Gasteiger partial charge in [-0.1, -0.05) is 31.2 Å². The number of allylic oxidation sites excluding steroid dienone is 2. The maximum atomic E-state index is 14.2. The van der Waals surface area contributed by atoms with E-state index in [0.29, 0.717) is 18.1 Å². The normalized spacial score (nSPS) is 30.0. The van der Waals surface area contributed by atoms with E-state index < -0.39 is 0 Å². The van der Waals surface area contributed by atoms with Gasteiger partial charge >= 0.3 is 0 Å². The molecular weight excluding hydrogens is 323 g/mol. The van der Waals surface area contributed by atoms with Gasteiger partial charge in [-0.15, -0.1) is 0 Å². The van der Waals surface area contributed by atoms with Crippen molar-refractivity contribution in [2.24, 2.45) is 17.8 Å². The van der Waals surface area contributed by atoms with E-state index in [2.05, 4.69) is 25.1 Å². The van der Waals surface area contributed by atoms with Crippen molar-refractivity contribution < 1.29 is 9.13 Å². The fourth-order valence-electron chi connectivity index (χ4n) is 5.15. The molecule has 0 saturated heterocycles. The third kappa shape index (κ3) is 4.97. The molecule has 1 aromatic rings. The Morgan fingerprint density at radius 1 is 1.00 bits per heavy atom. The first-order valence-electron chi connectivity index (χ1n) is 10.6. The largest absolute Gasteiger partial charge is 0.380 e. The van der Waals surface area contributed by atoms with Gasteiger partial charge in [-0.3, -0.25) is 0 Å². The number of hydrogen-bond acceptors (Lipinski definition) is 1. The Morgan fingerprint density at radius 3 is 2.23 bits per heavy atom. The Labute approximate surface area is 159 Å². The van der Waals surface area contributed by atoms with Crippen molar-refractivity contribution in [1.29, 1.82) is 0 Å². The second kappa shape index (κ2) is 9.69. The van der Waals surface area contributed by atoms with E-state index in [-0.39, 0.29) is 5.82 Å². The Kier molecular flexibility index (Phi) is 7.31. The minimum absolute atomic E-state index is 0.107. The highest BCUT2D eigenvalue weighted by molar-refractivity contribution is 5.27. The van der Waals surface area contributed by atoms with Gasteiger partial charge in [0.05, 0.1) is 6.61 Å². The molecule has 1 nitrogen and oxygen atoms in total. The van der Waals surface area contributed by atoms with Gasteiger partial charge in [0.25, 0.3) is 0 Å². The van der Waals surface area contributed by atoms with Crippen LogP contribution in [0.25, 0.3) is 0 Å². The van der Waals surface area contributed by atoms with Gasteiger partial charge in [0.1, 0.15) is 5.82 Å². The molecule has 144 valence electrons. The van der Waals surface area contributed by atoms with Crippen molar-refractivity contribution in [2.75, 3.05) is 7.11 Å². The predicted molar refractivity (Wildman–Crippen MR) is 107 cm³/mol. The molecule has 0 atom stereocenters. The van der Waals surface area contributed by atoms with Crippen LogP contribution in [0.4, 0.5) is 4.39 Å². The molecule has 0 N–H and O–H groups in total. The van der Waals surface area contributed by atoms with E-state index in [1.165, 1.54) is 56.9 Å². The fourth-order valence-corrected chi connectivity index (χ4v) is 5.15. The molecule has 3 rings (SSSR count). The molecule has 2 aliphatic carbocycles. The summed E-state index contributed by atoms with van der Waals surface area (Å²) in [7, 11) is 1.61. The van der Waals surface area contributed by atoms with Crippen LogP contribution in [0.3, 0.4) is 0 Å². The van der Waals surface area contributed by atoms with Crippen molar-refractivity contribution in [3.63, 3.8) is 0 Å². The van der Waals surface area contributed by atoms with E-state index in [1.807, 2.05) is 6.07 Å². The van der Waals surface area contributed by atoms with E-state index in [0.717, 1.165) is 24.2 Å². The highest BCUT2D eigenvalue weighted by Gasteiger charge is 2.30. The zero-order chi connectivity index (χ0) is 18.4. The molecule has 26 heavy (non-hydrogen) atoms. The number of halogens is 1. The fraction of sp³-hybridized carbons (Fsp3) is 0.667. The van der Waals surface area contributed by atoms with E-state index in [1.54, 1.807) is 13.2 Å². The summed E-state index contributed by atoms with van der Waals surface area (Å²) >= 11 is 0. The molecule has 0 spiro atoms. The molecule has 0 bridgehead atoms. The molecule has 0 aromatic heterocycles. The molecule has 2 aliphatic rings. The summed E-state index contributed by atoms with van der Waals surface area (Å²) in [5.41, 5.74) is 1.85. The average molecular weight is 359 g/mol. The van der Waals surface area contributed by atoms with Crippen LogP contribution in [0.1, 0.15) is 81.8 Å². The van der Waals surface area contributed by atoms with Gasteiger partial charge in [-0.25, -0.2) is 4.39 Å². The molecule has 0 aliphatic heterocycles. The summed E-state index contributed by atoms with van der Waals surface area (Å²) in [5.74, 6) is 3.10. The van der Waals surface area contributed by atoms with Crippen LogP contribution in [0, 0.1) is 23.6 Å². The maximum absolute atomic E-state index is 14.2. The minimum Gasteiger partial charge on any atom is -0.380 e. The lowest BCUT2D eigenvalue weighted by atomic mass is 9.68. The van der Waals surface area contributed by atoms with Crippen molar-refractivity contribution in [2.45, 2.75) is 77.2 Å². The highest BCUT2D eigenvalue weighted by Crippen LogP contribution is 2.44. The number of benzene rings is 1. The average Bonchev–Trinajstić information content (AvgIpc) is 2.69. The predicted octanol–water partition coefficient (Wildman–Crippen LogP) is 7.02. The summed E-state index contributed by atoms with van der Waals surface area (Å²) in [5, 5.41) is 0. The zero-order valence-electron chi connectivity index (χ0n) is 16.6. The lowest BCUT2D eigenvalue weighted by Crippen LogP contribution is -2.25. The molecule has 2 saturated carbocycles. The van der Waals surface area contributed by atoms with E-state index >= 15 is 0 Å². The first-order chi connectivity index (χ1) is 12.7. The second-order valence-corrected chi connectivity index (χ2v) is 8.41. The van der Waals surface area contributed by atoms with Crippen LogP contribution in [0.15, 0.2) is 30.4 Å². The highest BCUT2D eigenvalue weighted by atomic mass is 19.1. The van der Waals surface area contributed by atoms with Crippen molar-refractivity contribution >= 4 is 0 Å². The van der Waals surface area contributed by atoms with Gasteiger partial charge in [-0.2, -0.15) is 0 Å². The Bertz CT molecular complexity index is 578. The molecule has 0 heterocycles. The van der Waals surface area contributed by atoms with Crippen LogP contribution in [0.5, 0.6) is 0 Å². The Balaban J connectivity index is 1.49. The second-order valence-electron chi connectivity index (χ2n) is 8.41. The smallest absolute Gasteiger partial charge is 0.129 e. The molecule has 0 radical (unpaired) electrons. The number of rotatable bonds is 6. The van der Waals surface area contributed by atoms with Gasteiger partial charge < -0.3 is 4.74 Å². The SMILES string of the molecule is CC/C=C/[C@H]1CC[C@H](C2CCC(c3ccc(COC)c(F)c3)CC2)CC1. The van der Waals surface area contributed by atoms with Gasteiger partial charge in [0.2, 0.25) is 0 Å². The molecule has 0 unspecified atom stereocenters. The summed E-state index contributed by atoms with van der Waals surface area (Å²) in [4.78, 5) is 0. The molecule has 2 fully saturated rings. The third-order valence-electron chi connectivity index (χ3n) is 6.75. The van der Waals surface area contributed by atoms with Crippen LogP contribution >= 0.6 is 0 Å². The first-order valence-corrected chi connectivity index (χ1v) is 10.6. The maximum Gasteiger partial charge on any atom is 0.129 e. The van der Waals surface area contributed by atoms with Crippen LogP contribution < -0.4 is 0 Å². The van der Waals surface area contributed by atoms with Gasteiger partial charge in [0, 0.05) is 12.7 Å². The van der Waals surface area contributed by atoms with Gasteiger partial charge in [-0.05, 0) is 93.1 Å². The Morgan fingerprint density at radius 2 is 1.65 bits per heavy atom. The van der Waals surface area contributed by atoms with Crippen LogP contribution in [-0.2, 0) is 11.3 Å². The van der Waals surface area contributed by atoms with Gasteiger partial charge in [0.15, 0.2) is 0 Å². The lowest BCUT2D eigenvalue weighted by Gasteiger charge is -2.37. The van der Waals surface area contributed by atoms with Crippen LogP contribution in [-0.4, -0.2) is 7.11 Å². The topological polar surface area (TPSA) is 9.23 Å². The van der Waals surface area contributed by atoms with Crippen molar-refractivity contribution in [3.8, 4) is 0 Å².